The highest BCUT2D eigenvalue weighted by Crippen LogP contribution is 2.29. The maximum Gasteiger partial charge on any atom is 0.277 e. The Morgan fingerprint density at radius 2 is 2.12 bits per heavy atom. The molecule has 0 bridgehead atoms. The standard InChI is InChI=1S/C24H33N3O4S/c1-5-14-32-24-27-26-23(31-24)17-30-20-13-12-19(15-21(20)29-4)16-25-22(28)11-9-7-6-8-10-18(2)3/h5,8,10,12-13,15,18H,1,6-7,9,11,14,16-17H2,2-4H3,(H,25,28)/b10-8+. The van der Waals surface area contributed by atoms with Crippen LogP contribution in [-0.4, -0.2) is 29.0 Å². The predicted octanol–water partition coefficient (Wildman–Crippen LogP) is 5.32. The fourth-order valence-corrected chi connectivity index (χ4v) is 3.29. The average Bonchev–Trinajstić information content (AvgIpc) is 3.24. The molecule has 2 rings (SSSR count). The Kier molecular flexibility index (Phi) is 11.4. The van der Waals surface area contributed by atoms with Crippen LogP contribution in [-0.2, 0) is 17.9 Å². The van der Waals surface area contributed by atoms with Crippen molar-refractivity contribution in [1.82, 2.24) is 15.5 Å². The first-order chi connectivity index (χ1) is 15.5. The lowest BCUT2D eigenvalue weighted by Gasteiger charge is -2.12. The number of carbonyl (C=O) groups excluding carboxylic acids is 1. The summed E-state index contributed by atoms with van der Waals surface area (Å²) in [5, 5.41) is 11.4. The van der Waals surface area contributed by atoms with Crippen molar-refractivity contribution in [3.63, 3.8) is 0 Å². The first-order valence-electron chi connectivity index (χ1n) is 10.8. The molecule has 32 heavy (non-hydrogen) atoms. The van der Waals surface area contributed by atoms with E-state index in [1.807, 2.05) is 18.2 Å². The van der Waals surface area contributed by atoms with Crippen LogP contribution >= 0.6 is 11.8 Å². The Balaban J connectivity index is 1.76. The van der Waals surface area contributed by atoms with Crippen molar-refractivity contribution in [2.24, 2.45) is 5.92 Å². The van der Waals surface area contributed by atoms with Crippen LogP contribution in [0.2, 0.25) is 0 Å². The van der Waals surface area contributed by atoms with E-state index in [4.69, 9.17) is 13.9 Å². The summed E-state index contributed by atoms with van der Waals surface area (Å²) < 4.78 is 16.7. The second-order valence-corrected chi connectivity index (χ2v) is 8.50. The number of hydrogen-bond donors (Lipinski definition) is 1. The third-order valence-electron chi connectivity index (χ3n) is 4.39. The summed E-state index contributed by atoms with van der Waals surface area (Å²) in [7, 11) is 1.58. The average molecular weight is 460 g/mol. The van der Waals surface area contributed by atoms with E-state index in [1.165, 1.54) is 11.8 Å². The number of unbranched alkanes of at least 4 members (excludes halogenated alkanes) is 2. The van der Waals surface area contributed by atoms with Gasteiger partial charge in [-0.15, -0.1) is 16.8 Å². The van der Waals surface area contributed by atoms with Crippen molar-refractivity contribution in [2.75, 3.05) is 12.9 Å². The van der Waals surface area contributed by atoms with Gasteiger partial charge in [0.1, 0.15) is 0 Å². The van der Waals surface area contributed by atoms with Crippen LogP contribution in [0.5, 0.6) is 11.5 Å². The molecule has 1 aromatic heterocycles. The van der Waals surface area contributed by atoms with E-state index >= 15 is 0 Å². The van der Waals surface area contributed by atoms with E-state index in [9.17, 15) is 4.79 Å². The molecule has 0 radical (unpaired) electrons. The highest BCUT2D eigenvalue weighted by atomic mass is 32.2. The molecule has 1 N–H and O–H groups in total. The predicted molar refractivity (Wildman–Crippen MR) is 127 cm³/mol. The van der Waals surface area contributed by atoms with Crippen LogP contribution in [0.25, 0.3) is 0 Å². The Labute approximate surface area is 194 Å². The minimum absolute atomic E-state index is 0.0543. The van der Waals surface area contributed by atoms with Crippen LogP contribution in [0.15, 0.2) is 52.6 Å². The molecule has 0 spiro atoms. The van der Waals surface area contributed by atoms with Gasteiger partial charge in [0.15, 0.2) is 18.1 Å². The molecule has 0 saturated carbocycles. The molecule has 174 valence electrons. The van der Waals surface area contributed by atoms with Gasteiger partial charge in [-0.1, -0.05) is 49.9 Å². The monoisotopic (exact) mass is 459 g/mol. The molecule has 8 heteroatoms. The number of allylic oxidation sites excluding steroid dienone is 2. The third-order valence-corrected chi connectivity index (χ3v) is 5.20. The SMILES string of the molecule is C=CCSc1nnc(COc2ccc(CNC(=O)CCCC/C=C/C(C)C)cc2OC)o1. The summed E-state index contributed by atoms with van der Waals surface area (Å²) in [5.74, 6) is 2.85. The van der Waals surface area contributed by atoms with Gasteiger partial charge in [0.25, 0.3) is 11.1 Å². The molecule has 0 aliphatic heterocycles. The lowest BCUT2D eigenvalue weighted by molar-refractivity contribution is -0.121. The van der Waals surface area contributed by atoms with Crippen LogP contribution in [0.1, 0.15) is 51.0 Å². The van der Waals surface area contributed by atoms with E-state index in [2.05, 4.69) is 48.1 Å². The number of hydrogen-bond acceptors (Lipinski definition) is 7. The zero-order valence-electron chi connectivity index (χ0n) is 19.1. The maximum atomic E-state index is 12.1. The molecule has 0 atom stereocenters. The fraction of sp³-hybridized carbons (Fsp3) is 0.458. The minimum atomic E-state index is 0.0543. The van der Waals surface area contributed by atoms with Gasteiger partial charge in [-0.2, -0.15) is 0 Å². The molecule has 0 aliphatic carbocycles. The molecule has 1 heterocycles. The smallest absolute Gasteiger partial charge is 0.277 e. The second kappa shape index (κ2) is 14.3. The van der Waals surface area contributed by atoms with E-state index in [0.29, 0.717) is 47.2 Å². The summed E-state index contributed by atoms with van der Waals surface area (Å²) in [5.41, 5.74) is 0.934. The summed E-state index contributed by atoms with van der Waals surface area (Å²) >= 11 is 1.41. The van der Waals surface area contributed by atoms with Crippen molar-refractivity contribution >= 4 is 17.7 Å². The maximum absolute atomic E-state index is 12.1. The number of rotatable bonds is 15. The normalized spacial score (nSPS) is 11.1. The van der Waals surface area contributed by atoms with Gasteiger partial charge < -0.3 is 19.2 Å². The molecule has 7 nitrogen and oxygen atoms in total. The summed E-state index contributed by atoms with van der Waals surface area (Å²) in [6, 6.07) is 5.56. The molecule has 1 amide bonds. The summed E-state index contributed by atoms with van der Waals surface area (Å²) in [6.07, 6.45) is 9.61. The van der Waals surface area contributed by atoms with Gasteiger partial charge in [-0.3, -0.25) is 4.79 Å². The van der Waals surface area contributed by atoms with Gasteiger partial charge in [-0.05, 0) is 42.9 Å². The highest BCUT2D eigenvalue weighted by Gasteiger charge is 2.11. The van der Waals surface area contributed by atoms with Gasteiger partial charge in [0, 0.05) is 18.7 Å². The highest BCUT2D eigenvalue weighted by molar-refractivity contribution is 7.99. The lowest BCUT2D eigenvalue weighted by atomic mass is 10.1. The van der Waals surface area contributed by atoms with E-state index in [0.717, 1.165) is 24.8 Å². The van der Waals surface area contributed by atoms with Crippen LogP contribution in [0.4, 0.5) is 0 Å². The second-order valence-electron chi connectivity index (χ2n) is 7.53. The zero-order chi connectivity index (χ0) is 23.2. The van der Waals surface area contributed by atoms with Crippen LogP contribution < -0.4 is 14.8 Å². The molecule has 0 unspecified atom stereocenters. The number of aromatic nitrogens is 2. The lowest BCUT2D eigenvalue weighted by Crippen LogP contribution is -2.22. The van der Waals surface area contributed by atoms with Crippen molar-refractivity contribution in [1.29, 1.82) is 0 Å². The molecule has 0 fully saturated rings. The Hall–Kier alpha value is -2.74. The number of nitrogens with one attached hydrogen (secondary N) is 1. The largest absolute Gasteiger partial charge is 0.493 e. The van der Waals surface area contributed by atoms with E-state index in [-0.39, 0.29) is 12.5 Å². The molecule has 2 aromatic rings. The number of nitrogens with zero attached hydrogens (tertiary/aromatic N) is 2. The first kappa shape index (κ1) is 25.5. The van der Waals surface area contributed by atoms with Crippen LogP contribution in [0.3, 0.4) is 0 Å². The topological polar surface area (TPSA) is 86.5 Å². The fourth-order valence-electron chi connectivity index (χ4n) is 2.77. The first-order valence-corrected chi connectivity index (χ1v) is 11.8. The van der Waals surface area contributed by atoms with Crippen LogP contribution in [0, 0.1) is 5.92 Å². The number of benzene rings is 1. The summed E-state index contributed by atoms with van der Waals surface area (Å²) in [4.78, 5) is 12.1. The quantitative estimate of drug-likeness (QED) is 0.219. The van der Waals surface area contributed by atoms with Crippen molar-refractivity contribution in [3.05, 3.63) is 54.5 Å². The van der Waals surface area contributed by atoms with Gasteiger partial charge in [0.05, 0.1) is 7.11 Å². The van der Waals surface area contributed by atoms with E-state index in [1.54, 1.807) is 13.2 Å². The van der Waals surface area contributed by atoms with Crippen molar-refractivity contribution in [3.8, 4) is 11.5 Å². The van der Waals surface area contributed by atoms with Gasteiger partial charge >= 0.3 is 0 Å². The molecular formula is C24H33N3O4S. The number of amides is 1. The molecule has 1 aromatic carbocycles. The zero-order valence-corrected chi connectivity index (χ0v) is 20.0. The number of ether oxygens (including phenoxy) is 2. The Bertz CT molecular complexity index is 880. The molecule has 0 aliphatic rings. The number of carbonyl (C=O) groups is 1. The third kappa shape index (κ3) is 9.60. The summed E-state index contributed by atoms with van der Waals surface area (Å²) in [6.45, 7) is 8.56. The number of methoxy groups -OCH3 is 1. The Morgan fingerprint density at radius 3 is 2.88 bits per heavy atom. The minimum Gasteiger partial charge on any atom is -0.493 e. The number of thioether (sulfide) groups is 1. The van der Waals surface area contributed by atoms with Gasteiger partial charge in [-0.25, -0.2) is 0 Å². The van der Waals surface area contributed by atoms with Gasteiger partial charge in [0.2, 0.25) is 5.91 Å². The molecule has 0 saturated heterocycles. The molecular weight excluding hydrogens is 426 g/mol. The van der Waals surface area contributed by atoms with Crippen molar-refractivity contribution < 1.29 is 18.7 Å². The Morgan fingerprint density at radius 1 is 1.28 bits per heavy atom. The van der Waals surface area contributed by atoms with Crippen molar-refractivity contribution in [2.45, 2.75) is 57.9 Å². The van der Waals surface area contributed by atoms with E-state index < -0.39 is 0 Å².